The summed E-state index contributed by atoms with van der Waals surface area (Å²) in [6.07, 6.45) is 12.6. The molecule has 1 unspecified atom stereocenters. The molecule has 0 saturated carbocycles. The Morgan fingerprint density at radius 3 is 1.68 bits per heavy atom. The van der Waals surface area contributed by atoms with Gasteiger partial charge < -0.3 is 24.6 Å². The van der Waals surface area contributed by atoms with Crippen molar-refractivity contribution in [2.45, 2.75) is 103 Å². The lowest BCUT2D eigenvalue weighted by Crippen LogP contribution is -2.35. The zero-order chi connectivity index (χ0) is 23.5. The maximum absolute atomic E-state index is 11.9. The summed E-state index contributed by atoms with van der Waals surface area (Å²) < 4.78 is 15.9. The molecule has 0 aliphatic carbocycles. The first-order valence-electron chi connectivity index (χ1n) is 11.9. The van der Waals surface area contributed by atoms with Gasteiger partial charge in [0.05, 0.1) is 5.92 Å². The van der Waals surface area contributed by atoms with Crippen LogP contribution in [-0.2, 0) is 23.8 Å². The number of hydrogen-bond acceptors (Lipinski definition) is 5. The second-order valence-corrected chi connectivity index (χ2v) is 8.81. The van der Waals surface area contributed by atoms with Crippen LogP contribution in [0.4, 0.5) is 0 Å². The Bertz CT molecular complexity index is 457. The molecule has 0 aromatic heterocycles. The third-order valence-corrected chi connectivity index (χ3v) is 5.71. The Hall–Kier alpha value is -1.18. The Morgan fingerprint density at radius 1 is 0.806 bits per heavy atom. The number of amides is 1. The molecule has 0 spiro atoms. The van der Waals surface area contributed by atoms with Gasteiger partial charge in [0.1, 0.15) is 0 Å². The number of carboxylic acid groups (broad SMARTS) is 1. The van der Waals surface area contributed by atoms with Crippen LogP contribution < -0.4 is 5.32 Å². The number of ether oxygens (including phenoxy) is 3. The molecule has 0 bridgehead atoms. The van der Waals surface area contributed by atoms with Crippen molar-refractivity contribution in [2.75, 3.05) is 27.9 Å². The Morgan fingerprint density at radius 2 is 1.26 bits per heavy atom. The van der Waals surface area contributed by atoms with Gasteiger partial charge in [0.2, 0.25) is 5.91 Å². The van der Waals surface area contributed by atoms with Crippen LogP contribution in [0.1, 0.15) is 97.3 Å². The van der Waals surface area contributed by atoms with E-state index in [1.54, 1.807) is 21.3 Å². The van der Waals surface area contributed by atoms with Crippen molar-refractivity contribution >= 4 is 11.9 Å². The molecule has 1 atom stereocenters. The van der Waals surface area contributed by atoms with Gasteiger partial charge in [0, 0.05) is 40.7 Å². The maximum Gasteiger partial charge on any atom is 0.307 e. The van der Waals surface area contributed by atoms with E-state index < -0.39 is 17.9 Å². The van der Waals surface area contributed by atoms with Gasteiger partial charge in [-0.1, -0.05) is 71.6 Å². The number of nitrogens with one attached hydrogen (secondary N) is 1. The van der Waals surface area contributed by atoms with Crippen molar-refractivity contribution in [2.24, 2.45) is 11.8 Å². The van der Waals surface area contributed by atoms with Crippen LogP contribution in [0, 0.1) is 11.8 Å². The summed E-state index contributed by atoms with van der Waals surface area (Å²) in [5.41, 5.74) is 0. The van der Waals surface area contributed by atoms with Crippen molar-refractivity contribution in [1.29, 1.82) is 0 Å². The molecular formula is C24H47NO6. The zero-order valence-corrected chi connectivity index (χ0v) is 20.5. The van der Waals surface area contributed by atoms with E-state index in [2.05, 4.69) is 5.32 Å². The minimum Gasteiger partial charge on any atom is -0.481 e. The number of carbonyl (C=O) groups excluding carboxylic acids is 1. The van der Waals surface area contributed by atoms with E-state index in [-0.39, 0.29) is 12.3 Å². The molecule has 0 aliphatic rings. The number of methoxy groups -OCH3 is 3. The fourth-order valence-electron chi connectivity index (χ4n) is 3.63. The lowest BCUT2D eigenvalue weighted by Gasteiger charge is -2.28. The molecule has 184 valence electrons. The first kappa shape index (κ1) is 29.8. The molecular weight excluding hydrogens is 398 g/mol. The summed E-state index contributed by atoms with van der Waals surface area (Å²) in [5, 5.41) is 12.2. The second kappa shape index (κ2) is 18.4. The smallest absolute Gasteiger partial charge is 0.307 e. The van der Waals surface area contributed by atoms with Crippen LogP contribution in [0.15, 0.2) is 0 Å². The Kier molecular flexibility index (Phi) is 17.7. The lowest BCUT2D eigenvalue weighted by atomic mass is 9.96. The fraction of sp³-hybridized carbons (Fsp3) is 0.917. The zero-order valence-electron chi connectivity index (χ0n) is 20.5. The van der Waals surface area contributed by atoms with Crippen LogP contribution in [0.25, 0.3) is 0 Å². The molecule has 0 aliphatic heterocycles. The first-order valence-corrected chi connectivity index (χ1v) is 11.9. The van der Waals surface area contributed by atoms with Crippen LogP contribution in [0.5, 0.6) is 0 Å². The van der Waals surface area contributed by atoms with Gasteiger partial charge in [-0.15, -0.1) is 0 Å². The fourth-order valence-corrected chi connectivity index (χ4v) is 3.63. The Labute approximate surface area is 189 Å². The average Bonchev–Trinajstić information content (AvgIpc) is 2.75. The normalized spacial score (nSPS) is 12.8. The standard InChI is InChI=1S/C24H47NO6/c1-20(2)19-25-22(26)18-21(23(27)28)16-14-12-10-8-6-7-9-11-13-15-17-24(29-3,30-4)31-5/h20-21H,6-19H2,1-5H3,(H,25,26)(H,27,28). The molecule has 0 aromatic rings. The number of carbonyl (C=O) groups is 2. The van der Waals surface area contributed by atoms with Crippen molar-refractivity contribution in [3.05, 3.63) is 0 Å². The summed E-state index contributed by atoms with van der Waals surface area (Å²) in [7, 11) is 4.79. The van der Waals surface area contributed by atoms with Gasteiger partial charge in [-0.25, -0.2) is 0 Å². The number of unbranched alkanes of at least 4 members (excludes halogenated alkanes) is 9. The van der Waals surface area contributed by atoms with Gasteiger partial charge in [0.15, 0.2) is 0 Å². The molecule has 0 aromatic carbocycles. The topological polar surface area (TPSA) is 94.1 Å². The van der Waals surface area contributed by atoms with Crippen LogP contribution in [0.2, 0.25) is 0 Å². The lowest BCUT2D eigenvalue weighted by molar-refractivity contribution is -0.355. The maximum atomic E-state index is 11.9. The predicted octanol–water partition coefficient (Wildman–Crippen LogP) is 5.12. The van der Waals surface area contributed by atoms with Crippen molar-refractivity contribution in [3.63, 3.8) is 0 Å². The van der Waals surface area contributed by atoms with E-state index in [4.69, 9.17) is 14.2 Å². The minimum atomic E-state index is -0.905. The van der Waals surface area contributed by atoms with Gasteiger partial charge >= 0.3 is 5.97 Å². The van der Waals surface area contributed by atoms with Gasteiger partial charge in [-0.3, -0.25) is 9.59 Å². The first-order chi connectivity index (χ1) is 14.8. The van der Waals surface area contributed by atoms with E-state index >= 15 is 0 Å². The number of hydrogen-bond donors (Lipinski definition) is 2. The molecule has 7 nitrogen and oxygen atoms in total. The van der Waals surface area contributed by atoms with Crippen LogP contribution in [-0.4, -0.2) is 50.8 Å². The molecule has 0 heterocycles. The quantitative estimate of drug-likeness (QED) is 0.188. The summed E-state index contributed by atoms with van der Waals surface area (Å²) in [6.45, 7) is 4.64. The number of rotatable bonds is 21. The summed E-state index contributed by atoms with van der Waals surface area (Å²) >= 11 is 0. The molecule has 7 heteroatoms. The van der Waals surface area contributed by atoms with Gasteiger partial charge in [0.25, 0.3) is 5.97 Å². The predicted molar refractivity (Wildman–Crippen MR) is 123 cm³/mol. The Balaban J connectivity index is 3.68. The molecule has 0 radical (unpaired) electrons. The van der Waals surface area contributed by atoms with Crippen molar-refractivity contribution in [1.82, 2.24) is 5.32 Å². The second-order valence-electron chi connectivity index (χ2n) is 8.81. The largest absolute Gasteiger partial charge is 0.481 e. The number of aliphatic carboxylic acids is 1. The monoisotopic (exact) mass is 445 g/mol. The highest BCUT2D eigenvalue weighted by molar-refractivity contribution is 5.82. The third-order valence-electron chi connectivity index (χ3n) is 5.71. The van der Waals surface area contributed by atoms with E-state index in [1.807, 2.05) is 13.8 Å². The van der Waals surface area contributed by atoms with E-state index in [9.17, 15) is 14.7 Å². The molecule has 2 N–H and O–H groups in total. The summed E-state index contributed by atoms with van der Waals surface area (Å²) in [4.78, 5) is 23.3. The van der Waals surface area contributed by atoms with Crippen LogP contribution in [0.3, 0.4) is 0 Å². The van der Waals surface area contributed by atoms with E-state index in [1.165, 1.54) is 32.1 Å². The number of carboxylic acids is 1. The summed E-state index contributed by atoms with van der Waals surface area (Å²) in [6, 6.07) is 0. The molecule has 0 rings (SSSR count). The van der Waals surface area contributed by atoms with Crippen molar-refractivity contribution in [3.8, 4) is 0 Å². The molecule has 1 amide bonds. The third kappa shape index (κ3) is 15.3. The highest BCUT2D eigenvalue weighted by Gasteiger charge is 2.28. The average molecular weight is 446 g/mol. The highest BCUT2D eigenvalue weighted by atomic mass is 16.9. The minimum absolute atomic E-state index is 0.0856. The van der Waals surface area contributed by atoms with Gasteiger partial charge in [-0.05, 0) is 18.8 Å². The van der Waals surface area contributed by atoms with Crippen molar-refractivity contribution < 1.29 is 28.9 Å². The highest BCUT2D eigenvalue weighted by Crippen LogP contribution is 2.21. The van der Waals surface area contributed by atoms with Crippen LogP contribution >= 0.6 is 0 Å². The van der Waals surface area contributed by atoms with Gasteiger partial charge in [-0.2, -0.15) is 0 Å². The molecule has 0 fully saturated rings. The SMILES string of the molecule is COC(CCCCCCCCCCCCC(CC(=O)NCC(C)C)C(=O)O)(OC)OC. The van der Waals surface area contributed by atoms with E-state index in [0.717, 1.165) is 38.5 Å². The molecule has 0 saturated heterocycles. The molecule has 31 heavy (non-hydrogen) atoms. The van der Waals surface area contributed by atoms with E-state index in [0.29, 0.717) is 18.9 Å². The summed E-state index contributed by atoms with van der Waals surface area (Å²) in [5.74, 6) is -2.12.